The fourth-order valence-corrected chi connectivity index (χ4v) is 2.06. The van der Waals surface area contributed by atoms with E-state index in [1.165, 1.54) is 17.7 Å². The molecule has 0 bridgehead atoms. The van der Waals surface area contributed by atoms with Gasteiger partial charge >= 0.3 is 0 Å². The van der Waals surface area contributed by atoms with Crippen molar-refractivity contribution >= 4 is 17.3 Å². The number of carbonyl (C=O) groups excluding carboxylic acids is 1. The van der Waals surface area contributed by atoms with Crippen LogP contribution >= 0.6 is 0 Å². The third kappa shape index (κ3) is 5.42. The van der Waals surface area contributed by atoms with Crippen molar-refractivity contribution < 1.29 is 14.5 Å². The summed E-state index contributed by atoms with van der Waals surface area (Å²) in [6.07, 6.45) is 0.937. The average Bonchev–Trinajstić information content (AvgIpc) is 2.64. The van der Waals surface area contributed by atoms with Crippen LogP contribution in [-0.2, 0) is 11.2 Å². The molecule has 0 atom stereocenters. The van der Waals surface area contributed by atoms with Gasteiger partial charge in [-0.3, -0.25) is 14.9 Å². The van der Waals surface area contributed by atoms with Gasteiger partial charge in [0.05, 0.1) is 10.6 Å². The first-order chi connectivity index (χ1) is 12.0. The molecule has 1 amide bonds. The van der Waals surface area contributed by atoms with E-state index in [2.05, 4.69) is 17.5 Å². The third-order valence-electron chi connectivity index (χ3n) is 3.52. The third-order valence-corrected chi connectivity index (χ3v) is 3.52. The minimum Gasteiger partial charge on any atom is -0.484 e. The van der Waals surface area contributed by atoms with Gasteiger partial charge in [-0.1, -0.05) is 31.2 Å². The predicted octanol–water partition coefficient (Wildman–Crippen LogP) is 3.08. The van der Waals surface area contributed by atoms with Gasteiger partial charge in [0.15, 0.2) is 6.61 Å². The molecule has 25 heavy (non-hydrogen) atoms. The van der Waals surface area contributed by atoms with Crippen LogP contribution in [0.1, 0.15) is 25.0 Å². The fraction of sp³-hybridized carbons (Fsp3) is 0.222. The van der Waals surface area contributed by atoms with E-state index in [9.17, 15) is 14.9 Å². The van der Waals surface area contributed by atoms with Gasteiger partial charge in [0.25, 0.3) is 11.6 Å². The maximum Gasteiger partial charge on any atom is 0.277 e. The lowest BCUT2D eigenvalue weighted by molar-refractivity contribution is -0.384. The quantitative estimate of drug-likeness (QED) is 0.476. The summed E-state index contributed by atoms with van der Waals surface area (Å²) in [7, 11) is 0. The minimum absolute atomic E-state index is 0.0303. The molecule has 2 aromatic carbocycles. The Morgan fingerprint density at radius 1 is 1.24 bits per heavy atom. The maximum absolute atomic E-state index is 11.8. The molecule has 7 heteroatoms. The summed E-state index contributed by atoms with van der Waals surface area (Å²) in [5.41, 5.74) is 4.56. The predicted molar refractivity (Wildman–Crippen MR) is 94.8 cm³/mol. The lowest BCUT2D eigenvalue weighted by Gasteiger charge is -2.06. The highest BCUT2D eigenvalue weighted by Crippen LogP contribution is 2.14. The molecule has 0 saturated carbocycles. The maximum atomic E-state index is 11.8. The molecule has 0 saturated heterocycles. The molecule has 7 nitrogen and oxygen atoms in total. The van der Waals surface area contributed by atoms with E-state index < -0.39 is 10.8 Å². The Kier molecular flexibility index (Phi) is 6.22. The molecule has 1 N–H and O–H groups in total. The van der Waals surface area contributed by atoms with Crippen molar-refractivity contribution in [3.63, 3.8) is 0 Å². The van der Waals surface area contributed by atoms with Crippen molar-refractivity contribution in [2.75, 3.05) is 6.61 Å². The lowest BCUT2D eigenvalue weighted by atomic mass is 10.1. The van der Waals surface area contributed by atoms with Gasteiger partial charge in [-0.2, -0.15) is 5.10 Å². The van der Waals surface area contributed by atoms with Gasteiger partial charge in [-0.25, -0.2) is 5.43 Å². The van der Waals surface area contributed by atoms with Crippen molar-refractivity contribution in [1.29, 1.82) is 0 Å². The van der Waals surface area contributed by atoms with Gasteiger partial charge in [0, 0.05) is 17.7 Å². The van der Waals surface area contributed by atoms with Crippen LogP contribution in [-0.4, -0.2) is 23.1 Å². The zero-order chi connectivity index (χ0) is 18.2. The number of rotatable bonds is 7. The van der Waals surface area contributed by atoms with Crippen LogP contribution < -0.4 is 10.2 Å². The number of non-ortho nitro benzene ring substituents is 1. The molecule has 0 aliphatic rings. The highest BCUT2D eigenvalue weighted by Gasteiger charge is 2.08. The largest absolute Gasteiger partial charge is 0.484 e. The second kappa shape index (κ2) is 8.58. The lowest BCUT2D eigenvalue weighted by Crippen LogP contribution is -2.25. The Balaban J connectivity index is 1.90. The summed E-state index contributed by atoms with van der Waals surface area (Å²) in [5.74, 6) is 0.191. The molecular formula is C18H19N3O4. The van der Waals surface area contributed by atoms with E-state index in [0.29, 0.717) is 17.0 Å². The first-order valence-corrected chi connectivity index (χ1v) is 7.79. The zero-order valence-corrected chi connectivity index (χ0v) is 14.1. The standard InChI is InChI=1S/C18H19N3O4/c1-3-14-7-9-17(10-8-14)25-12-18(22)20-19-13(2)15-5-4-6-16(11-15)21(23)24/h4-11H,3,12H2,1-2H3,(H,20,22)/b19-13-. The van der Waals surface area contributed by atoms with Crippen LogP contribution in [0.2, 0.25) is 0 Å². The highest BCUT2D eigenvalue weighted by molar-refractivity contribution is 5.99. The second-order valence-electron chi connectivity index (χ2n) is 5.33. The Labute approximate surface area is 145 Å². The number of hydrogen-bond acceptors (Lipinski definition) is 5. The molecule has 0 radical (unpaired) electrons. The summed E-state index contributed by atoms with van der Waals surface area (Å²) >= 11 is 0. The SMILES string of the molecule is CCc1ccc(OCC(=O)N/N=C(/C)c2cccc([N+](=O)[O-])c2)cc1. The van der Waals surface area contributed by atoms with Crippen molar-refractivity contribution in [1.82, 2.24) is 5.43 Å². The van der Waals surface area contributed by atoms with Crippen molar-refractivity contribution in [3.05, 3.63) is 69.8 Å². The Morgan fingerprint density at radius 2 is 1.96 bits per heavy atom. The van der Waals surface area contributed by atoms with Crippen LogP contribution in [0.15, 0.2) is 53.6 Å². The molecule has 0 aromatic heterocycles. The van der Waals surface area contributed by atoms with E-state index in [0.717, 1.165) is 6.42 Å². The van der Waals surface area contributed by atoms with Gasteiger partial charge < -0.3 is 4.74 Å². The molecule has 2 rings (SSSR count). The summed E-state index contributed by atoms with van der Waals surface area (Å²) in [6, 6.07) is 13.5. The average molecular weight is 341 g/mol. The van der Waals surface area contributed by atoms with E-state index in [1.54, 1.807) is 19.1 Å². The number of hydrazone groups is 1. The molecule has 0 aliphatic carbocycles. The second-order valence-corrected chi connectivity index (χ2v) is 5.33. The topological polar surface area (TPSA) is 93.8 Å². The van der Waals surface area contributed by atoms with Crippen molar-refractivity contribution in [2.45, 2.75) is 20.3 Å². The molecule has 0 spiro atoms. The normalized spacial score (nSPS) is 11.0. The molecule has 0 fully saturated rings. The Bertz CT molecular complexity index is 785. The number of carbonyl (C=O) groups is 1. The van der Waals surface area contributed by atoms with Crippen LogP contribution in [0.5, 0.6) is 5.75 Å². The molecule has 0 unspecified atom stereocenters. The summed E-state index contributed by atoms with van der Waals surface area (Å²) in [4.78, 5) is 22.1. The van der Waals surface area contributed by atoms with Gasteiger partial charge in [-0.15, -0.1) is 0 Å². The summed E-state index contributed by atoms with van der Waals surface area (Å²) < 4.78 is 5.39. The Hall–Kier alpha value is -3.22. The smallest absolute Gasteiger partial charge is 0.277 e. The van der Waals surface area contributed by atoms with Gasteiger partial charge in [0.2, 0.25) is 0 Å². The van der Waals surface area contributed by atoms with Crippen LogP contribution in [0, 0.1) is 10.1 Å². The number of ether oxygens (including phenoxy) is 1. The van der Waals surface area contributed by atoms with Crippen molar-refractivity contribution in [3.8, 4) is 5.75 Å². The number of nitro benzene ring substituents is 1. The number of nitrogens with zero attached hydrogens (tertiary/aromatic N) is 2. The van der Waals surface area contributed by atoms with Gasteiger partial charge in [-0.05, 0) is 31.0 Å². The van der Waals surface area contributed by atoms with Crippen LogP contribution in [0.3, 0.4) is 0 Å². The first-order valence-electron chi connectivity index (χ1n) is 7.79. The van der Waals surface area contributed by atoms with Crippen molar-refractivity contribution in [2.24, 2.45) is 5.10 Å². The zero-order valence-electron chi connectivity index (χ0n) is 14.1. The Morgan fingerprint density at radius 3 is 2.60 bits per heavy atom. The number of nitrogens with one attached hydrogen (secondary N) is 1. The number of aryl methyl sites for hydroxylation is 1. The van der Waals surface area contributed by atoms with E-state index in [1.807, 2.05) is 24.3 Å². The van der Waals surface area contributed by atoms with E-state index in [4.69, 9.17) is 4.74 Å². The highest BCUT2D eigenvalue weighted by atomic mass is 16.6. The summed E-state index contributed by atoms with van der Waals surface area (Å²) in [6.45, 7) is 3.55. The number of nitro groups is 1. The molecule has 2 aromatic rings. The minimum atomic E-state index is -0.479. The molecule has 0 aliphatic heterocycles. The monoisotopic (exact) mass is 341 g/mol. The van der Waals surface area contributed by atoms with Crippen LogP contribution in [0.25, 0.3) is 0 Å². The van der Waals surface area contributed by atoms with Crippen LogP contribution in [0.4, 0.5) is 5.69 Å². The fourth-order valence-electron chi connectivity index (χ4n) is 2.06. The van der Waals surface area contributed by atoms with Gasteiger partial charge in [0.1, 0.15) is 5.75 Å². The number of amides is 1. The summed E-state index contributed by atoms with van der Waals surface area (Å²) in [5, 5.41) is 14.7. The van der Waals surface area contributed by atoms with E-state index in [-0.39, 0.29) is 12.3 Å². The van der Waals surface area contributed by atoms with E-state index >= 15 is 0 Å². The number of hydrogen-bond donors (Lipinski definition) is 1. The first kappa shape index (κ1) is 18.1. The molecule has 0 heterocycles. The number of benzene rings is 2. The molecule has 130 valence electrons. The molecular weight excluding hydrogens is 322 g/mol.